The Bertz CT molecular complexity index is 667. The highest BCUT2D eigenvalue weighted by Crippen LogP contribution is 2.60. The normalized spacial score (nSPS) is 33.9. The van der Waals surface area contributed by atoms with E-state index in [0.29, 0.717) is 23.3 Å². The lowest BCUT2D eigenvalue weighted by atomic mass is 9.49. The lowest BCUT2D eigenvalue weighted by molar-refractivity contribution is -0.148. The van der Waals surface area contributed by atoms with Crippen LogP contribution in [0.3, 0.4) is 0 Å². The molecule has 2 amide bonds. The van der Waals surface area contributed by atoms with E-state index in [4.69, 9.17) is 5.73 Å². The Labute approximate surface area is 147 Å². The Morgan fingerprint density at radius 3 is 2.20 bits per heavy atom. The van der Waals surface area contributed by atoms with Crippen LogP contribution in [0.4, 0.5) is 4.39 Å². The molecule has 0 radical (unpaired) electrons. The third kappa shape index (κ3) is 3.05. The smallest absolute Gasteiger partial charge is 0.240 e. The molecule has 4 aliphatic carbocycles. The van der Waals surface area contributed by atoms with E-state index < -0.39 is 11.9 Å². The first-order valence-corrected chi connectivity index (χ1v) is 9.29. The minimum atomic E-state index is -0.864. The fraction of sp³-hybridized carbons (Fsp3) is 0.600. The van der Waals surface area contributed by atoms with Crippen molar-refractivity contribution in [3.8, 4) is 0 Å². The van der Waals surface area contributed by atoms with E-state index in [-0.39, 0.29) is 23.6 Å². The molecule has 4 saturated carbocycles. The Balaban J connectivity index is 1.50. The van der Waals surface area contributed by atoms with Gasteiger partial charge in [0.25, 0.3) is 0 Å². The van der Waals surface area contributed by atoms with Crippen LogP contribution < -0.4 is 11.1 Å². The lowest BCUT2D eigenvalue weighted by Crippen LogP contribution is -2.57. The van der Waals surface area contributed by atoms with Crippen molar-refractivity contribution in [1.29, 1.82) is 0 Å². The third-order valence-electron chi connectivity index (χ3n) is 6.55. The van der Waals surface area contributed by atoms with E-state index in [1.54, 1.807) is 18.2 Å². The molecule has 4 nitrogen and oxygen atoms in total. The number of rotatable bonds is 5. The highest BCUT2D eigenvalue weighted by Gasteiger charge is 2.54. The third-order valence-corrected chi connectivity index (χ3v) is 6.55. The van der Waals surface area contributed by atoms with Gasteiger partial charge in [-0.1, -0.05) is 18.2 Å². The molecule has 134 valence electrons. The zero-order valence-corrected chi connectivity index (χ0v) is 14.3. The van der Waals surface area contributed by atoms with Gasteiger partial charge < -0.3 is 11.1 Å². The van der Waals surface area contributed by atoms with Crippen molar-refractivity contribution >= 4 is 11.8 Å². The van der Waals surface area contributed by atoms with E-state index >= 15 is 0 Å². The van der Waals surface area contributed by atoms with Gasteiger partial charge in [0.05, 0.1) is 0 Å². The molecule has 0 unspecified atom stereocenters. The Hall–Kier alpha value is -1.91. The predicted octanol–water partition coefficient (Wildman–Crippen LogP) is 2.55. The molecule has 4 bridgehead atoms. The summed E-state index contributed by atoms with van der Waals surface area (Å²) in [7, 11) is 0. The van der Waals surface area contributed by atoms with E-state index in [1.165, 1.54) is 25.3 Å². The molecule has 1 aromatic rings. The standard InChI is InChI=1S/C20H25FN2O2/c21-16-4-2-1-3-15(16)8-17(18(22)24)23-19(25)20-9-12-5-13(10-20)7-14(6-12)11-20/h1-4,12-14,17H,5-11H2,(H2,22,24)(H,23,25)/t12?,13?,14?,17-,20?/m1/s1. The number of amides is 2. The number of benzene rings is 1. The maximum absolute atomic E-state index is 13.9. The molecule has 4 aliphatic rings. The molecular weight excluding hydrogens is 319 g/mol. The van der Waals surface area contributed by atoms with Gasteiger partial charge >= 0.3 is 0 Å². The van der Waals surface area contributed by atoms with E-state index in [1.807, 2.05) is 0 Å². The van der Waals surface area contributed by atoms with Crippen molar-refractivity contribution in [2.45, 2.75) is 51.0 Å². The van der Waals surface area contributed by atoms with E-state index in [2.05, 4.69) is 5.32 Å². The molecule has 0 spiro atoms. The number of primary amides is 1. The predicted molar refractivity (Wildman–Crippen MR) is 91.8 cm³/mol. The average molecular weight is 344 g/mol. The highest BCUT2D eigenvalue weighted by molar-refractivity contribution is 5.89. The highest BCUT2D eigenvalue weighted by atomic mass is 19.1. The summed E-state index contributed by atoms with van der Waals surface area (Å²) in [6, 6.07) is 5.44. The largest absolute Gasteiger partial charge is 0.368 e. The second-order valence-corrected chi connectivity index (χ2v) is 8.42. The van der Waals surface area contributed by atoms with Gasteiger partial charge in [-0.15, -0.1) is 0 Å². The van der Waals surface area contributed by atoms with Crippen LogP contribution in [0.2, 0.25) is 0 Å². The Morgan fingerprint density at radius 1 is 1.12 bits per heavy atom. The van der Waals surface area contributed by atoms with Crippen LogP contribution in [-0.2, 0) is 16.0 Å². The van der Waals surface area contributed by atoms with Gasteiger partial charge in [0.1, 0.15) is 11.9 Å². The van der Waals surface area contributed by atoms with Crippen LogP contribution in [0.15, 0.2) is 24.3 Å². The lowest BCUT2D eigenvalue weighted by Gasteiger charge is -2.55. The topological polar surface area (TPSA) is 72.2 Å². The minimum absolute atomic E-state index is 0.0493. The van der Waals surface area contributed by atoms with Crippen molar-refractivity contribution in [2.24, 2.45) is 28.9 Å². The molecule has 0 heterocycles. The van der Waals surface area contributed by atoms with Crippen molar-refractivity contribution in [2.75, 3.05) is 0 Å². The van der Waals surface area contributed by atoms with Crippen LogP contribution in [0, 0.1) is 29.0 Å². The summed E-state index contributed by atoms with van der Waals surface area (Å²) < 4.78 is 13.9. The number of halogens is 1. The molecule has 0 saturated heterocycles. The molecule has 25 heavy (non-hydrogen) atoms. The molecule has 5 heteroatoms. The van der Waals surface area contributed by atoms with Crippen molar-refractivity contribution in [3.63, 3.8) is 0 Å². The van der Waals surface area contributed by atoms with Crippen LogP contribution >= 0.6 is 0 Å². The summed E-state index contributed by atoms with van der Waals surface area (Å²) in [5.41, 5.74) is 5.56. The zero-order valence-electron chi connectivity index (χ0n) is 14.3. The molecule has 0 aliphatic heterocycles. The number of carbonyl (C=O) groups excluding carboxylic acids is 2. The first kappa shape index (κ1) is 16.6. The average Bonchev–Trinajstić information content (AvgIpc) is 2.54. The van der Waals surface area contributed by atoms with E-state index in [0.717, 1.165) is 19.3 Å². The monoisotopic (exact) mass is 344 g/mol. The summed E-state index contributed by atoms with van der Waals surface area (Å²) in [4.78, 5) is 24.9. The molecule has 4 fully saturated rings. The maximum Gasteiger partial charge on any atom is 0.240 e. The summed E-state index contributed by atoms with van der Waals surface area (Å²) in [5, 5.41) is 2.87. The van der Waals surface area contributed by atoms with Gasteiger partial charge in [0.15, 0.2) is 0 Å². The van der Waals surface area contributed by atoms with Gasteiger partial charge in [0.2, 0.25) is 11.8 Å². The molecular formula is C20H25FN2O2. The van der Waals surface area contributed by atoms with Gasteiger partial charge in [-0.05, 0) is 67.9 Å². The van der Waals surface area contributed by atoms with Crippen molar-refractivity contribution in [3.05, 3.63) is 35.6 Å². The van der Waals surface area contributed by atoms with Gasteiger partial charge in [-0.25, -0.2) is 4.39 Å². The second-order valence-electron chi connectivity index (χ2n) is 8.42. The summed E-state index contributed by atoms with van der Waals surface area (Å²) in [6.45, 7) is 0. The number of carbonyl (C=O) groups is 2. The van der Waals surface area contributed by atoms with Crippen LogP contribution in [0.25, 0.3) is 0 Å². The molecule has 3 N–H and O–H groups in total. The minimum Gasteiger partial charge on any atom is -0.368 e. The first-order valence-electron chi connectivity index (χ1n) is 9.29. The Kier molecular flexibility index (Phi) is 4.05. The fourth-order valence-electron chi connectivity index (χ4n) is 5.81. The molecule has 1 aromatic carbocycles. The first-order chi connectivity index (χ1) is 11.9. The number of nitrogens with one attached hydrogen (secondary N) is 1. The van der Waals surface area contributed by atoms with Crippen LogP contribution in [-0.4, -0.2) is 17.9 Å². The van der Waals surface area contributed by atoms with Crippen LogP contribution in [0.5, 0.6) is 0 Å². The van der Waals surface area contributed by atoms with Crippen molar-refractivity contribution in [1.82, 2.24) is 5.32 Å². The second kappa shape index (κ2) is 6.11. The van der Waals surface area contributed by atoms with Crippen molar-refractivity contribution < 1.29 is 14.0 Å². The van der Waals surface area contributed by atoms with Gasteiger partial charge in [0, 0.05) is 11.8 Å². The summed E-state index contributed by atoms with van der Waals surface area (Å²) in [5.74, 6) is 0.910. The van der Waals surface area contributed by atoms with Gasteiger partial charge in [-0.2, -0.15) is 0 Å². The molecule has 1 atom stereocenters. The van der Waals surface area contributed by atoms with E-state index in [9.17, 15) is 14.0 Å². The molecule has 0 aromatic heterocycles. The number of hydrogen-bond donors (Lipinski definition) is 2. The Morgan fingerprint density at radius 2 is 1.68 bits per heavy atom. The quantitative estimate of drug-likeness (QED) is 0.862. The number of hydrogen-bond acceptors (Lipinski definition) is 2. The van der Waals surface area contributed by atoms with Crippen LogP contribution in [0.1, 0.15) is 44.1 Å². The maximum atomic E-state index is 13.9. The zero-order chi connectivity index (χ0) is 17.6. The summed E-state index contributed by atoms with van der Waals surface area (Å²) in [6.07, 6.45) is 6.63. The SMILES string of the molecule is NC(=O)[C@@H](Cc1ccccc1F)NC(=O)C12CC3CC(CC(C3)C1)C2. The van der Waals surface area contributed by atoms with Gasteiger partial charge in [-0.3, -0.25) is 9.59 Å². The number of nitrogens with two attached hydrogens (primary N) is 1. The fourth-order valence-corrected chi connectivity index (χ4v) is 5.81. The molecule has 5 rings (SSSR count). The summed E-state index contributed by atoms with van der Waals surface area (Å²) >= 11 is 0.